The fraction of sp³-hybridized carbons (Fsp3) is 0.952. The molecule has 0 radical (unpaired) electrons. The van der Waals surface area contributed by atoms with Crippen LogP contribution in [0.25, 0.3) is 0 Å². The summed E-state index contributed by atoms with van der Waals surface area (Å²) in [7, 11) is 0. The summed E-state index contributed by atoms with van der Waals surface area (Å²) in [6.45, 7) is 9.99. The van der Waals surface area contributed by atoms with Crippen LogP contribution in [0.2, 0.25) is 0 Å². The van der Waals surface area contributed by atoms with Crippen LogP contribution in [0, 0.1) is 23.7 Å². The van der Waals surface area contributed by atoms with Gasteiger partial charge in [-0.3, -0.25) is 0 Å². The zero-order valence-electron chi connectivity index (χ0n) is 17.1. The van der Waals surface area contributed by atoms with Gasteiger partial charge in [-0.25, -0.2) is 0 Å². The third-order valence-corrected chi connectivity index (χ3v) is 6.73. The first-order valence-electron chi connectivity index (χ1n) is 10.4. The lowest BCUT2D eigenvalue weighted by Crippen LogP contribution is -2.61. The van der Waals surface area contributed by atoms with E-state index in [-0.39, 0.29) is 30.0 Å². The lowest BCUT2D eigenvalue weighted by molar-refractivity contribution is -0.371. The van der Waals surface area contributed by atoms with Crippen LogP contribution in [0.4, 0.5) is 0 Å². The molecule has 0 aromatic rings. The standard InChI is InChI=1S/C21H38O5/c1-6-17(12-22)7-8-18-15(4)20(24)16(5)21(25-18)10-9-13(2)19(26-21)11-14(3)23/h12-20,23-24H,6-11H2,1-5H3/t13-,14+,15+,16+,17+,18-,19-,20+,21-/m0/s1. The Morgan fingerprint density at radius 2 is 1.88 bits per heavy atom. The fourth-order valence-corrected chi connectivity index (χ4v) is 4.56. The second kappa shape index (κ2) is 9.13. The largest absolute Gasteiger partial charge is 0.393 e. The van der Waals surface area contributed by atoms with Gasteiger partial charge >= 0.3 is 0 Å². The molecule has 26 heavy (non-hydrogen) atoms. The van der Waals surface area contributed by atoms with Gasteiger partial charge in [0.15, 0.2) is 5.79 Å². The number of aliphatic hydroxyl groups is 2. The van der Waals surface area contributed by atoms with Gasteiger partial charge < -0.3 is 24.5 Å². The quantitative estimate of drug-likeness (QED) is 0.673. The molecular weight excluding hydrogens is 332 g/mol. The highest BCUT2D eigenvalue weighted by atomic mass is 16.7. The molecule has 2 rings (SSSR count). The van der Waals surface area contributed by atoms with E-state index in [1.165, 1.54) is 0 Å². The van der Waals surface area contributed by atoms with Gasteiger partial charge in [-0.2, -0.15) is 0 Å². The van der Waals surface area contributed by atoms with E-state index in [2.05, 4.69) is 6.92 Å². The molecule has 2 aliphatic rings. The summed E-state index contributed by atoms with van der Waals surface area (Å²) in [4.78, 5) is 11.1. The second-order valence-electron chi connectivity index (χ2n) is 8.75. The Kier molecular flexibility index (Phi) is 7.66. The average molecular weight is 371 g/mol. The molecule has 9 atom stereocenters. The highest BCUT2D eigenvalue weighted by Crippen LogP contribution is 2.47. The lowest BCUT2D eigenvalue weighted by atomic mass is 9.75. The molecule has 0 unspecified atom stereocenters. The van der Waals surface area contributed by atoms with Crippen LogP contribution < -0.4 is 0 Å². The van der Waals surface area contributed by atoms with Gasteiger partial charge in [0.2, 0.25) is 0 Å². The maximum absolute atomic E-state index is 11.1. The molecule has 2 saturated heterocycles. The highest BCUT2D eigenvalue weighted by molar-refractivity contribution is 5.53. The summed E-state index contributed by atoms with van der Waals surface area (Å²) >= 11 is 0. The molecule has 0 aromatic carbocycles. The molecule has 2 fully saturated rings. The molecule has 2 heterocycles. The maximum Gasteiger partial charge on any atom is 0.174 e. The number of carbonyl (C=O) groups is 1. The average Bonchev–Trinajstić information content (AvgIpc) is 2.61. The van der Waals surface area contributed by atoms with Crippen LogP contribution >= 0.6 is 0 Å². The minimum atomic E-state index is -0.786. The maximum atomic E-state index is 11.1. The van der Waals surface area contributed by atoms with Crippen molar-refractivity contribution in [3.05, 3.63) is 0 Å². The smallest absolute Gasteiger partial charge is 0.174 e. The number of rotatable bonds is 7. The Morgan fingerprint density at radius 3 is 2.46 bits per heavy atom. The Labute approximate surface area is 158 Å². The van der Waals surface area contributed by atoms with E-state index in [1.54, 1.807) is 6.92 Å². The summed E-state index contributed by atoms with van der Waals surface area (Å²) < 4.78 is 13.0. The molecule has 0 aliphatic carbocycles. The summed E-state index contributed by atoms with van der Waals surface area (Å²) in [5.74, 6) is -0.483. The third kappa shape index (κ3) is 4.67. The molecule has 1 spiro atoms. The minimum Gasteiger partial charge on any atom is -0.393 e. The van der Waals surface area contributed by atoms with Gasteiger partial charge in [-0.05, 0) is 44.9 Å². The molecule has 0 aromatic heterocycles. The van der Waals surface area contributed by atoms with Crippen LogP contribution in [0.5, 0.6) is 0 Å². The Balaban J connectivity index is 2.14. The topological polar surface area (TPSA) is 76.0 Å². The summed E-state index contributed by atoms with van der Waals surface area (Å²) in [5.41, 5.74) is 0. The molecule has 0 bridgehead atoms. The lowest BCUT2D eigenvalue weighted by Gasteiger charge is -2.54. The second-order valence-corrected chi connectivity index (χ2v) is 8.75. The molecule has 5 nitrogen and oxygen atoms in total. The van der Waals surface area contributed by atoms with Crippen LogP contribution in [0.1, 0.15) is 73.1 Å². The number of hydrogen-bond donors (Lipinski definition) is 2. The van der Waals surface area contributed by atoms with Crippen molar-refractivity contribution in [3.8, 4) is 0 Å². The van der Waals surface area contributed by atoms with Gasteiger partial charge in [0, 0.05) is 24.2 Å². The van der Waals surface area contributed by atoms with Crippen LogP contribution in [-0.4, -0.2) is 46.7 Å². The Bertz CT molecular complexity index is 454. The molecular formula is C21H38O5. The molecule has 0 saturated carbocycles. The van der Waals surface area contributed by atoms with Gasteiger partial charge in [0.1, 0.15) is 6.29 Å². The van der Waals surface area contributed by atoms with Crippen molar-refractivity contribution >= 4 is 6.29 Å². The van der Waals surface area contributed by atoms with Crippen molar-refractivity contribution in [2.75, 3.05) is 0 Å². The summed E-state index contributed by atoms with van der Waals surface area (Å²) in [5, 5.41) is 20.7. The predicted octanol–water partition coefficient (Wildman–Crippen LogP) is 3.31. The van der Waals surface area contributed by atoms with Crippen molar-refractivity contribution in [3.63, 3.8) is 0 Å². The zero-order chi connectivity index (χ0) is 19.5. The Morgan fingerprint density at radius 1 is 1.23 bits per heavy atom. The van der Waals surface area contributed by atoms with Gasteiger partial charge in [-0.1, -0.05) is 27.7 Å². The first-order valence-corrected chi connectivity index (χ1v) is 10.4. The molecule has 152 valence electrons. The SMILES string of the molecule is CC[C@@H](C=O)CC[C@@H]1O[C@]2(CC[C@H](C)[C@H](C[C@@H](C)O)O2)[C@H](C)[C@H](O)[C@@H]1C. The van der Waals surface area contributed by atoms with E-state index >= 15 is 0 Å². The zero-order valence-corrected chi connectivity index (χ0v) is 17.1. The number of aldehydes is 1. The first kappa shape index (κ1) is 21.8. The van der Waals surface area contributed by atoms with Crippen LogP contribution in [0.15, 0.2) is 0 Å². The summed E-state index contributed by atoms with van der Waals surface area (Å²) in [6.07, 6.45) is 4.60. The van der Waals surface area contributed by atoms with Crippen LogP contribution in [-0.2, 0) is 14.3 Å². The van der Waals surface area contributed by atoms with Crippen LogP contribution in [0.3, 0.4) is 0 Å². The molecule has 5 heteroatoms. The predicted molar refractivity (Wildman–Crippen MR) is 101 cm³/mol. The number of aliphatic hydroxyl groups excluding tert-OH is 2. The van der Waals surface area contributed by atoms with E-state index in [9.17, 15) is 15.0 Å². The third-order valence-electron chi connectivity index (χ3n) is 6.73. The van der Waals surface area contributed by atoms with Gasteiger partial charge in [0.25, 0.3) is 0 Å². The Hall–Kier alpha value is -0.490. The minimum absolute atomic E-state index is 0.0120. The summed E-state index contributed by atoms with van der Waals surface area (Å²) in [6, 6.07) is 0. The van der Waals surface area contributed by atoms with Crippen molar-refractivity contribution in [1.29, 1.82) is 0 Å². The van der Waals surface area contributed by atoms with Gasteiger partial charge in [-0.15, -0.1) is 0 Å². The number of ether oxygens (including phenoxy) is 2. The van der Waals surface area contributed by atoms with Gasteiger partial charge in [0.05, 0.1) is 24.4 Å². The highest BCUT2D eigenvalue weighted by Gasteiger charge is 2.54. The van der Waals surface area contributed by atoms with Crippen molar-refractivity contribution < 1.29 is 24.5 Å². The number of carbonyl (C=O) groups excluding carboxylic acids is 1. The monoisotopic (exact) mass is 370 g/mol. The normalized spacial score (nSPS) is 43.2. The van der Waals surface area contributed by atoms with E-state index in [1.807, 2.05) is 20.8 Å². The van der Waals surface area contributed by atoms with E-state index < -0.39 is 18.0 Å². The molecule has 0 amide bonds. The van der Waals surface area contributed by atoms with E-state index in [0.717, 1.165) is 38.4 Å². The number of hydrogen-bond acceptors (Lipinski definition) is 5. The molecule has 2 N–H and O–H groups in total. The van der Waals surface area contributed by atoms with Crippen molar-refractivity contribution in [2.45, 2.75) is 103 Å². The van der Waals surface area contributed by atoms with E-state index in [0.29, 0.717) is 12.3 Å². The fourth-order valence-electron chi connectivity index (χ4n) is 4.56. The first-order chi connectivity index (χ1) is 12.2. The van der Waals surface area contributed by atoms with Crippen molar-refractivity contribution in [1.82, 2.24) is 0 Å². The van der Waals surface area contributed by atoms with Crippen molar-refractivity contribution in [2.24, 2.45) is 23.7 Å². The molecule has 2 aliphatic heterocycles. The van der Waals surface area contributed by atoms with E-state index in [4.69, 9.17) is 9.47 Å².